The molecule has 2 aromatic heterocycles. The maximum Gasteiger partial charge on any atom is 0.407 e. The number of amides is 2. The first-order valence-electron chi connectivity index (χ1n) is 21.7. The van der Waals surface area contributed by atoms with Crippen molar-refractivity contribution in [2.24, 2.45) is 11.8 Å². The van der Waals surface area contributed by atoms with Crippen LogP contribution in [0, 0.1) is 18.3 Å². The fourth-order valence-corrected chi connectivity index (χ4v) is 9.52. The number of imidazole rings is 2. The lowest BCUT2D eigenvalue weighted by molar-refractivity contribution is -0.135. The quantitative estimate of drug-likeness (QED) is 0.0939. The summed E-state index contributed by atoms with van der Waals surface area (Å²) in [6.45, 7) is 12.2. The first-order chi connectivity index (χ1) is 29.0. The maximum absolute atomic E-state index is 13.8. The number of hydrogen-bond donors (Lipinski definition) is 3. The number of fused-ring (bicyclic) bond motifs is 2. The Morgan fingerprint density at radius 3 is 2.18 bits per heavy atom. The number of H-pyrrole nitrogens is 2. The van der Waals surface area contributed by atoms with E-state index in [0.29, 0.717) is 6.54 Å². The van der Waals surface area contributed by atoms with Gasteiger partial charge in [-0.25, -0.2) is 14.8 Å². The average Bonchev–Trinajstić information content (AvgIpc) is 4.09. The zero-order chi connectivity index (χ0) is 42.1. The molecule has 13 nitrogen and oxygen atoms in total. The molecule has 0 saturated carbocycles. The number of ether oxygens (including phenoxy) is 2. The van der Waals surface area contributed by atoms with E-state index in [4.69, 9.17) is 19.4 Å². The van der Waals surface area contributed by atoms with Crippen molar-refractivity contribution in [2.45, 2.75) is 109 Å². The third-order valence-electron chi connectivity index (χ3n) is 12.6. The number of hydrogen-bond acceptors (Lipinski definition) is 9. The number of carbonyl (C=O) groups excluding carboxylic acids is 3. The van der Waals surface area contributed by atoms with E-state index in [9.17, 15) is 14.4 Å². The highest BCUT2D eigenvalue weighted by Crippen LogP contribution is 2.48. The van der Waals surface area contributed by atoms with E-state index in [1.165, 1.54) is 18.2 Å². The molecule has 2 amide bonds. The minimum Gasteiger partial charge on any atom is -0.491 e. The number of methoxy groups -OCH3 is 1. The van der Waals surface area contributed by atoms with Crippen molar-refractivity contribution in [3.63, 3.8) is 0 Å². The maximum atomic E-state index is 13.8. The van der Waals surface area contributed by atoms with Crippen LogP contribution in [-0.2, 0) is 14.3 Å². The zero-order valence-corrected chi connectivity index (χ0v) is 35.7. The van der Waals surface area contributed by atoms with E-state index in [1.807, 2.05) is 39.5 Å². The summed E-state index contributed by atoms with van der Waals surface area (Å²) < 4.78 is 10.9. The van der Waals surface area contributed by atoms with Gasteiger partial charge >= 0.3 is 6.09 Å². The second kappa shape index (κ2) is 17.7. The van der Waals surface area contributed by atoms with Gasteiger partial charge < -0.3 is 39.4 Å². The molecule has 317 valence electrons. The van der Waals surface area contributed by atoms with Crippen molar-refractivity contribution >= 4 is 46.0 Å². The van der Waals surface area contributed by atoms with Gasteiger partial charge in [0.15, 0.2) is 0 Å². The van der Waals surface area contributed by atoms with E-state index in [0.717, 1.165) is 103 Å². The average molecular weight is 816 g/mol. The number of benzene rings is 3. The summed E-state index contributed by atoms with van der Waals surface area (Å²) in [4.78, 5) is 61.5. The minimum absolute atomic E-state index is 0.0673. The number of aromatic amines is 2. The summed E-state index contributed by atoms with van der Waals surface area (Å²) in [5.41, 5.74) is 7.32. The van der Waals surface area contributed by atoms with E-state index < -0.39 is 12.1 Å². The van der Waals surface area contributed by atoms with Crippen LogP contribution < -0.4 is 15.0 Å². The van der Waals surface area contributed by atoms with Crippen LogP contribution in [0.2, 0.25) is 0 Å². The van der Waals surface area contributed by atoms with Gasteiger partial charge in [0.25, 0.3) is 0 Å². The Morgan fingerprint density at radius 2 is 1.47 bits per heavy atom. The fraction of sp³-hybridized carbons (Fsp3) is 0.489. The molecule has 5 heterocycles. The van der Waals surface area contributed by atoms with Gasteiger partial charge in [0.05, 0.1) is 59.4 Å². The van der Waals surface area contributed by atoms with Crippen LogP contribution in [0.25, 0.3) is 22.1 Å². The SMILES string of the molecule is COC(=O)N[C@H](C(=O)N1CCC[C@H]1c1nc2cc([C@H]3CC[C@H](c4ccc5nc([C@@H]6CCCN6C[CH]C(C)C=O)[nH]c5c4)N3c3ccc(OC(C)C)cc3)ccc2[nH]1)C(C)C. The number of nitrogens with one attached hydrogen (secondary N) is 3. The third kappa shape index (κ3) is 8.46. The number of likely N-dealkylation sites (tertiary alicyclic amines) is 2. The number of nitrogens with zero attached hydrogens (tertiary/aromatic N) is 5. The summed E-state index contributed by atoms with van der Waals surface area (Å²) in [5.74, 6) is 2.30. The zero-order valence-electron chi connectivity index (χ0n) is 35.7. The molecule has 13 heteroatoms. The topological polar surface area (TPSA) is 149 Å². The van der Waals surface area contributed by atoms with Gasteiger partial charge in [-0.2, -0.15) is 0 Å². The largest absolute Gasteiger partial charge is 0.491 e. The van der Waals surface area contributed by atoms with E-state index >= 15 is 0 Å². The van der Waals surface area contributed by atoms with E-state index in [-0.39, 0.29) is 48.0 Å². The highest BCUT2D eigenvalue weighted by molar-refractivity contribution is 5.86. The molecular formula is C47H59N8O5. The van der Waals surface area contributed by atoms with Gasteiger partial charge in [-0.05, 0) is 131 Å². The first kappa shape index (κ1) is 41.3. The molecule has 0 aliphatic carbocycles. The predicted octanol–water partition coefficient (Wildman–Crippen LogP) is 8.53. The molecule has 3 saturated heterocycles. The van der Waals surface area contributed by atoms with Crippen molar-refractivity contribution in [3.8, 4) is 5.75 Å². The van der Waals surface area contributed by atoms with Gasteiger partial charge in [-0.1, -0.05) is 32.9 Å². The molecule has 0 spiro atoms. The molecule has 0 bridgehead atoms. The monoisotopic (exact) mass is 815 g/mol. The smallest absolute Gasteiger partial charge is 0.407 e. The van der Waals surface area contributed by atoms with Crippen LogP contribution in [0.15, 0.2) is 60.7 Å². The molecule has 3 fully saturated rings. The molecule has 1 unspecified atom stereocenters. The first-order valence-corrected chi connectivity index (χ1v) is 21.7. The van der Waals surface area contributed by atoms with E-state index in [2.05, 4.69) is 92.2 Å². The number of carbonyl (C=O) groups is 3. The van der Waals surface area contributed by atoms with Crippen LogP contribution in [0.1, 0.15) is 120 Å². The van der Waals surface area contributed by atoms with Gasteiger partial charge in [0.1, 0.15) is 29.7 Å². The molecule has 3 aromatic carbocycles. The highest BCUT2D eigenvalue weighted by Gasteiger charge is 2.39. The summed E-state index contributed by atoms with van der Waals surface area (Å²) in [6.07, 6.45) is 8.25. The lowest BCUT2D eigenvalue weighted by Crippen LogP contribution is -2.51. The van der Waals surface area contributed by atoms with E-state index in [1.54, 1.807) is 0 Å². The molecule has 60 heavy (non-hydrogen) atoms. The Balaban J connectivity index is 1.08. The normalized spacial score (nSPS) is 22.0. The van der Waals surface area contributed by atoms with Crippen molar-refractivity contribution in [1.82, 2.24) is 35.1 Å². The number of anilines is 1. The van der Waals surface area contributed by atoms with Crippen LogP contribution in [-0.4, -0.2) is 86.9 Å². The number of rotatable bonds is 14. The minimum atomic E-state index is -0.692. The molecule has 6 atom stereocenters. The Hall–Kier alpha value is -5.43. The van der Waals surface area contributed by atoms with Gasteiger partial charge in [0, 0.05) is 24.7 Å². The van der Waals surface area contributed by atoms with Crippen LogP contribution in [0.3, 0.4) is 0 Å². The van der Waals surface area contributed by atoms with Crippen molar-refractivity contribution in [3.05, 3.63) is 89.9 Å². The standard InChI is InChI=1S/C47H59N8O5/c1-28(2)43(52-47(58)59-6)46(57)54-23-8-10-42(54)45-49-36-18-12-32(26-38(36)51-45)40-20-19-39(55(40)33-13-15-34(16-14-33)60-29(3)4)31-11-17-35-37(25-31)50-44(48-35)41-9-7-22-53(41)24-21-30(5)27-56/h11-18,21,25-30,39-43H,7-10,19-20,22-24H2,1-6H3,(H,48,50)(H,49,51)(H,52,58)/t30?,39-,40-,41+,42+,43+/m1/s1. The molecule has 3 aliphatic rings. The van der Waals surface area contributed by atoms with Gasteiger partial charge in [-0.15, -0.1) is 0 Å². The van der Waals surface area contributed by atoms with Crippen LogP contribution >= 0.6 is 0 Å². The van der Waals surface area contributed by atoms with Crippen molar-refractivity contribution in [1.29, 1.82) is 0 Å². The highest BCUT2D eigenvalue weighted by atomic mass is 16.5. The van der Waals surface area contributed by atoms with Crippen LogP contribution in [0.4, 0.5) is 10.5 Å². The summed E-state index contributed by atoms with van der Waals surface area (Å²) >= 11 is 0. The molecule has 5 aromatic rings. The van der Waals surface area contributed by atoms with Crippen LogP contribution in [0.5, 0.6) is 5.75 Å². The van der Waals surface area contributed by atoms with Gasteiger partial charge in [0.2, 0.25) is 5.91 Å². The summed E-state index contributed by atoms with van der Waals surface area (Å²) in [6, 6.07) is 21.2. The summed E-state index contributed by atoms with van der Waals surface area (Å²) in [7, 11) is 1.31. The molecular weight excluding hydrogens is 757 g/mol. The third-order valence-corrected chi connectivity index (χ3v) is 12.6. The molecule has 3 aliphatic heterocycles. The Labute approximate surface area is 352 Å². The molecule has 3 N–H and O–H groups in total. The lowest BCUT2D eigenvalue weighted by atomic mass is 10.0. The molecule has 8 rings (SSSR count). The van der Waals surface area contributed by atoms with Gasteiger partial charge in [-0.3, -0.25) is 9.69 Å². The Morgan fingerprint density at radius 1 is 0.800 bits per heavy atom. The second-order valence-electron chi connectivity index (χ2n) is 17.4. The second-order valence-corrected chi connectivity index (χ2v) is 17.4. The van der Waals surface area contributed by atoms with Crippen molar-refractivity contribution in [2.75, 3.05) is 31.6 Å². The number of alkyl carbamates (subject to hydrolysis) is 1. The summed E-state index contributed by atoms with van der Waals surface area (Å²) in [5, 5.41) is 2.74. The fourth-order valence-electron chi connectivity index (χ4n) is 9.52. The lowest BCUT2D eigenvalue weighted by Gasteiger charge is -2.33. The molecule has 1 radical (unpaired) electrons. The van der Waals surface area contributed by atoms with Crippen molar-refractivity contribution < 1.29 is 23.9 Å². The number of aldehydes is 1. The predicted molar refractivity (Wildman–Crippen MR) is 233 cm³/mol. The Bertz CT molecular complexity index is 2300. The number of aromatic nitrogens is 4. The Kier molecular flexibility index (Phi) is 12.2.